The van der Waals surface area contributed by atoms with E-state index in [1.807, 2.05) is 47.1 Å². The summed E-state index contributed by atoms with van der Waals surface area (Å²) in [5.74, 6) is 2.13. The second-order valence-electron chi connectivity index (χ2n) is 6.83. The summed E-state index contributed by atoms with van der Waals surface area (Å²) in [5.41, 5.74) is 4.10. The third-order valence-corrected chi connectivity index (χ3v) is 5.88. The summed E-state index contributed by atoms with van der Waals surface area (Å²) in [6, 6.07) is 17.9. The van der Waals surface area contributed by atoms with E-state index in [1.165, 1.54) is 5.56 Å². The molecule has 6 nitrogen and oxygen atoms in total. The standard InChI is InChI=1S/C22H17ClN6S/c1-15-3-5-16(6-4-15)20-26-27-22(29(20)19-9-7-17(23)8-10-19)30-14-18-13-28-12-2-11-24-21(28)25-18/h2-13H,14H2,1H3. The molecule has 0 N–H and O–H groups in total. The Balaban J connectivity index is 1.52. The average molecular weight is 433 g/mol. The zero-order valence-electron chi connectivity index (χ0n) is 16.1. The molecule has 0 atom stereocenters. The molecule has 0 aliphatic heterocycles. The molecular weight excluding hydrogens is 416 g/mol. The molecule has 0 amide bonds. The molecule has 3 heterocycles. The van der Waals surface area contributed by atoms with Crippen molar-refractivity contribution in [3.8, 4) is 17.1 Å². The smallest absolute Gasteiger partial charge is 0.233 e. The monoisotopic (exact) mass is 432 g/mol. The molecule has 5 aromatic rings. The van der Waals surface area contributed by atoms with Crippen molar-refractivity contribution in [1.29, 1.82) is 0 Å². The average Bonchev–Trinajstić information content (AvgIpc) is 3.37. The predicted octanol–water partition coefficient (Wildman–Crippen LogP) is 5.23. The van der Waals surface area contributed by atoms with Gasteiger partial charge in [-0.05, 0) is 37.3 Å². The predicted molar refractivity (Wildman–Crippen MR) is 119 cm³/mol. The molecule has 0 unspecified atom stereocenters. The number of rotatable bonds is 5. The highest BCUT2D eigenvalue weighted by Gasteiger charge is 2.17. The number of thioether (sulfide) groups is 1. The third kappa shape index (κ3) is 3.69. The molecule has 30 heavy (non-hydrogen) atoms. The van der Waals surface area contributed by atoms with Gasteiger partial charge in [0.1, 0.15) is 0 Å². The van der Waals surface area contributed by atoms with Crippen LogP contribution in [0.4, 0.5) is 0 Å². The summed E-state index contributed by atoms with van der Waals surface area (Å²) >= 11 is 7.69. The fourth-order valence-electron chi connectivity index (χ4n) is 3.16. The maximum Gasteiger partial charge on any atom is 0.233 e. The number of nitrogens with zero attached hydrogens (tertiary/aromatic N) is 6. The first-order chi connectivity index (χ1) is 14.7. The van der Waals surface area contributed by atoms with Crippen LogP contribution in [0.25, 0.3) is 22.9 Å². The zero-order valence-corrected chi connectivity index (χ0v) is 17.7. The Morgan fingerprint density at radius 2 is 1.80 bits per heavy atom. The minimum absolute atomic E-state index is 0.656. The van der Waals surface area contributed by atoms with Crippen molar-refractivity contribution in [2.24, 2.45) is 0 Å². The number of halogens is 1. The van der Waals surface area contributed by atoms with Crippen molar-refractivity contribution in [2.75, 3.05) is 0 Å². The normalized spacial score (nSPS) is 11.3. The Hall–Kier alpha value is -3.16. The van der Waals surface area contributed by atoms with Crippen molar-refractivity contribution >= 4 is 29.1 Å². The van der Waals surface area contributed by atoms with E-state index in [1.54, 1.807) is 18.0 Å². The molecule has 3 aromatic heterocycles. The molecule has 0 radical (unpaired) electrons. The first-order valence-corrected chi connectivity index (χ1v) is 10.7. The first-order valence-electron chi connectivity index (χ1n) is 9.37. The van der Waals surface area contributed by atoms with Crippen LogP contribution in [-0.2, 0) is 5.75 Å². The summed E-state index contributed by atoms with van der Waals surface area (Å²) in [7, 11) is 0. The molecule has 0 aliphatic carbocycles. The van der Waals surface area contributed by atoms with Gasteiger partial charge in [-0.15, -0.1) is 10.2 Å². The molecule has 0 bridgehead atoms. The Morgan fingerprint density at radius 3 is 2.57 bits per heavy atom. The highest BCUT2D eigenvalue weighted by atomic mass is 35.5. The summed E-state index contributed by atoms with van der Waals surface area (Å²) in [6.45, 7) is 2.07. The molecule has 0 saturated carbocycles. The summed E-state index contributed by atoms with van der Waals surface area (Å²) in [4.78, 5) is 8.85. The highest BCUT2D eigenvalue weighted by molar-refractivity contribution is 7.98. The molecule has 0 saturated heterocycles. The van der Waals surface area contributed by atoms with Crippen molar-refractivity contribution in [2.45, 2.75) is 17.8 Å². The van der Waals surface area contributed by atoms with Crippen LogP contribution in [0.3, 0.4) is 0 Å². The minimum atomic E-state index is 0.656. The van der Waals surface area contributed by atoms with Crippen LogP contribution in [0.5, 0.6) is 0 Å². The lowest BCUT2D eigenvalue weighted by Gasteiger charge is -2.10. The molecule has 2 aromatic carbocycles. The number of hydrogen-bond acceptors (Lipinski definition) is 5. The van der Waals surface area contributed by atoms with Gasteiger partial charge < -0.3 is 0 Å². The van der Waals surface area contributed by atoms with E-state index in [4.69, 9.17) is 11.6 Å². The van der Waals surface area contributed by atoms with Gasteiger partial charge in [-0.25, -0.2) is 9.97 Å². The maximum absolute atomic E-state index is 6.10. The number of imidazole rings is 1. The van der Waals surface area contributed by atoms with Gasteiger partial charge in [0.2, 0.25) is 5.78 Å². The molecule has 5 rings (SSSR count). The second kappa shape index (κ2) is 7.93. The Bertz CT molecular complexity index is 1270. The van der Waals surface area contributed by atoms with Crippen molar-refractivity contribution in [3.63, 3.8) is 0 Å². The van der Waals surface area contributed by atoms with Crippen molar-refractivity contribution < 1.29 is 0 Å². The zero-order chi connectivity index (χ0) is 20.5. The van der Waals surface area contributed by atoms with Crippen LogP contribution in [-0.4, -0.2) is 29.1 Å². The van der Waals surface area contributed by atoms with Crippen molar-refractivity contribution in [1.82, 2.24) is 29.1 Å². The van der Waals surface area contributed by atoms with Gasteiger partial charge in [0.15, 0.2) is 11.0 Å². The van der Waals surface area contributed by atoms with Crippen LogP contribution in [0.2, 0.25) is 5.02 Å². The van der Waals surface area contributed by atoms with Crippen LogP contribution in [0.1, 0.15) is 11.3 Å². The van der Waals surface area contributed by atoms with E-state index in [0.717, 1.165) is 27.9 Å². The lowest BCUT2D eigenvalue weighted by Crippen LogP contribution is -1.99. The number of aryl methyl sites for hydroxylation is 1. The van der Waals surface area contributed by atoms with E-state index in [9.17, 15) is 0 Å². The first kappa shape index (κ1) is 18.8. The van der Waals surface area contributed by atoms with Crippen molar-refractivity contribution in [3.05, 3.63) is 89.5 Å². The van der Waals surface area contributed by atoms with E-state index in [0.29, 0.717) is 16.6 Å². The number of hydrogen-bond donors (Lipinski definition) is 0. The third-order valence-electron chi connectivity index (χ3n) is 4.66. The molecule has 0 aliphatic rings. The number of aromatic nitrogens is 6. The van der Waals surface area contributed by atoms with Gasteiger partial charge in [-0.1, -0.05) is 53.2 Å². The van der Waals surface area contributed by atoms with E-state index in [-0.39, 0.29) is 0 Å². The Morgan fingerprint density at radius 1 is 1.00 bits per heavy atom. The lowest BCUT2D eigenvalue weighted by molar-refractivity contribution is 0.885. The molecule has 0 spiro atoms. The van der Waals surface area contributed by atoms with Gasteiger partial charge >= 0.3 is 0 Å². The van der Waals surface area contributed by atoms with Gasteiger partial charge in [-0.3, -0.25) is 8.97 Å². The van der Waals surface area contributed by atoms with E-state index < -0.39 is 0 Å². The fourth-order valence-corrected chi connectivity index (χ4v) is 4.13. The highest BCUT2D eigenvalue weighted by Crippen LogP contribution is 2.30. The van der Waals surface area contributed by atoms with Crippen LogP contribution in [0.15, 0.2) is 78.3 Å². The Kier molecular flexibility index (Phi) is 4.98. The lowest BCUT2D eigenvalue weighted by atomic mass is 10.1. The van der Waals surface area contributed by atoms with Gasteiger partial charge in [0, 0.05) is 40.6 Å². The molecule has 0 fully saturated rings. The largest absolute Gasteiger partial charge is 0.291 e. The van der Waals surface area contributed by atoms with E-state index in [2.05, 4.69) is 55.9 Å². The maximum atomic E-state index is 6.10. The molecule has 8 heteroatoms. The van der Waals surface area contributed by atoms with Crippen LogP contribution in [0, 0.1) is 6.92 Å². The van der Waals surface area contributed by atoms with Crippen LogP contribution < -0.4 is 0 Å². The topological polar surface area (TPSA) is 60.9 Å². The quantitative estimate of drug-likeness (QED) is 0.356. The number of benzene rings is 2. The van der Waals surface area contributed by atoms with E-state index >= 15 is 0 Å². The van der Waals surface area contributed by atoms with Gasteiger partial charge in [0.25, 0.3) is 0 Å². The van der Waals surface area contributed by atoms with Gasteiger partial charge in [-0.2, -0.15) is 0 Å². The SMILES string of the molecule is Cc1ccc(-c2nnc(SCc3cn4cccnc4n3)n2-c2ccc(Cl)cc2)cc1. The minimum Gasteiger partial charge on any atom is -0.291 e. The summed E-state index contributed by atoms with van der Waals surface area (Å²) in [5, 5.41) is 10.4. The number of fused-ring (bicyclic) bond motifs is 1. The molecule has 148 valence electrons. The second-order valence-corrected chi connectivity index (χ2v) is 8.21. The van der Waals surface area contributed by atoms with Crippen LogP contribution >= 0.6 is 23.4 Å². The fraction of sp³-hybridized carbons (Fsp3) is 0.0909. The summed E-state index contributed by atoms with van der Waals surface area (Å²) in [6.07, 6.45) is 5.67. The summed E-state index contributed by atoms with van der Waals surface area (Å²) < 4.78 is 3.97. The van der Waals surface area contributed by atoms with Gasteiger partial charge in [0.05, 0.1) is 5.69 Å². The molecular formula is C22H17ClN6S. The Labute approximate surface area is 182 Å².